The molecule has 5 nitrogen and oxygen atoms in total. The molecule has 0 saturated carbocycles. The summed E-state index contributed by atoms with van der Waals surface area (Å²) in [4.78, 5) is 25.9. The average Bonchev–Trinajstić information content (AvgIpc) is 3.02. The number of benzene rings is 1. The van der Waals surface area contributed by atoms with Gasteiger partial charge in [-0.05, 0) is 38.1 Å². The number of anilines is 1. The summed E-state index contributed by atoms with van der Waals surface area (Å²) in [5, 5.41) is 2.68. The maximum atomic E-state index is 12.4. The van der Waals surface area contributed by atoms with Crippen LogP contribution in [0.4, 0.5) is 5.69 Å². The number of carbonyl (C=O) groups is 2. The number of nitrogens with zero attached hydrogens (tertiary/aromatic N) is 1. The zero-order valence-corrected chi connectivity index (χ0v) is 12.8. The number of para-hydroxylation sites is 1. The van der Waals surface area contributed by atoms with Gasteiger partial charge in [0.25, 0.3) is 5.91 Å². The largest absolute Gasteiger partial charge is 0.459 e. The normalized spacial score (nSPS) is 10.5. The second kappa shape index (κ2) is 7.45. The van der Waals surface area contributed by atoms with Crippen molar-refractivity contribution in [2.75, 3.05) is 11.4 Å². The third-order valence-electron chi connectivity index (χ3n) is 3.19. The molecule has 116 valence electrons. The number of amides is 2. The van der Waals surface area contributed by atoms with Gasteiger partial charge in [-0.3, -0.25) is 9.59 Å². The van der Waals surface area contributed by atoms with Crippen LogP contribution in [0.5, 0.6) is 0 Å². The lowest BCUT2D eigenvalue weighted by Crippen LogP contribution is -2.39. The fourth-order valence-electron chi connectivity index (χ4n) is 2.22. The van der Waals surface area contributed by atoms with Crippen molar-refractivity contribution >= 4 is 17.5 Å². The van der Waals surface area contributed by atoms with Crippen molar-refractivity contribution < 1.29 is 14.0 Å². The van der Waals surface area contributed by atoms with Gasteiger partial charge in [-0.15, -0.1) is 0 Å². The molecule has 2 aromatic rings. The minimum atomic E-state index is -0.311. The van der Waals surface area contributed by atoms with E-state index in [0.717, 1.165) is 5.69 Å². The second-order valence-electron chi connectivity index (χ2n) is 5.18. The van der Waals surface area contributed by atoms with Crippen LogP contribution < -0.4 is 10.2 Å². The Kier molecular flexibility index (Phi) is 5.36. The summed E-state index contributed by atoms with van der Waals surface area (Å²) >= 11 is 0. The summed E-state index contributed by atoms with van der Waals surface area (Å²) in [5.74, 6) is -0.0919. The van der Waals surface area contributed by atoms with Gasteiger partial charge < -0.3 is 14.6 Å². The topological polar surface area (TPSA) is 62.6 Å². The molecule has 1 aromatic carbocycles. The molecule has 0 atom stereocenters. The molecule has 1 heterocycles. The van der Waals surface area contributed by atoms with E-state index in [2.05, 4.69) is 5.32 Å². The van der Waals surface area contributed by atoms with Crippen LogP contribution in [0, 0.1) is 0 Å². The fraction of sp³-hybridized carbons (Fsp3) is 0.294. The van der Waals surface area contributed by atoms with Gasteiger partial charge >= 0.3 is 0 Å². The molecular formula is C17H20N2O3. The van der Waals surface area contributed by atoms with Crippen molar-refractivity contribution in [1.29, 1.82) is 0 Å². The number of hydrogen-bond donors (Lipinski definition) is 1. The Bertz CT molecular complexity index is 606. The van der Waals surface area contributed by atoms with E-state index < -0.39 is 0 Å². The number of hydrogen-bond acceptors (Lipinski definition) is 3. The van der Waals surface area contributed by atoms with Gasteiger partial charge in [0.15, 0.2) is 5.76 Å². The molecule has 0 aliphatic carbocycles. The van der Waals surface area contributed by atoms with Crippen LogP contribution in [0.15, 0.2) is 53.1 Å². The van der Waals surface area contributed by atoms with E-state index >= 15 is 0 Å². The summed E-state index contributed by atoms with van der Waals surface area (Å²) in [6, 6.07) is 12.8. The molecule has 2 amide bonds. The Hall–Kier alpha value is -2.56. The van der Waals surface area contributed by atoms with Crippen molar-refractivity contribution in [1.82, 2.24) is 5.32 Å². The Balaban J connectivity index is 1.91. The van der Waals surface area contributed by atoms with Gasteiger partial charge in [-0.25, -0.2) is 0 Å². The smallest absolute Gasteiger partial charge is 0.286 e. The number of furan rings is 1. The highest BCUT2D eigenvalue weighted by Gasteiger charge is 2.18. The molecule has 0 fully saturated rings. The van der Waals surface area contributed by atoms with E-state index in [1.54, 1.807) is 17.0 Å². The summed E-state index contributed by atoms with van der Waals surface area (Å²) in [5.41, 5.74) is 0.861. The molecule has 0 aliphatic heterocycles. The highest BCUT2D eigenvalue weighted by Crippen LogP contribution is 2.17. The van der Waals surface area contributed by atoms with Crippen LogP contribution in [-0.4, -0.2) is 24.4 Å². The van der Waals surface area contributed by atoms with Crippen molar-refractivity contribution in [3.8, 4) is 0 Å². The predicted octanol–water partition coefficient (Wildman–Crippen LogP) is 2.84. The lowest BCUT2D eigenvalue weighted by atomic mass is 10.2. The second-order valence-corrected chi connectivity index (χ2v) is 5.18. The Labute approximate surface area is 129 Å². The SMILES string of the molecule is CC(C)N(C(=O)CCNC(=O)c1ccco1)c1ccccc1. The third-order valence-corrected chi connectivity index (χ3v) is 3.19. The van der Waals surface area contributed by atoms with Gasteiger partial charge in [-0.1, -0.05) is 18.2 Å². The third kappa shape index (κ3) is 3.97. The highest BCUT2D eigenvalue weighted by atomic mass is 16.3. The van der Waals surface area contributed by atoms with E-state index in [0.29, 0.717) is 0 Å². The lowest BCUT2D eigenvalue weighted by Gasteiger charge is -2.27. The maximum absolute atomic E-state index is 12.4. The summed E-state index contributed by atoms with van der Waals surface area (Å²) < 4.78 is 5.00. The van der Waals surface area contributed by atoms with Gasteiger partial charge in [0.1, 0.15) is 0 Å². The molecule has 1 aromatic heterocycles. The van der Waals surface area contributed by atoms with Gasteiger partial charge in [-0.2, -0.15) is 0 Å². The van der Waals surface area contributed by atoms with Crippen molar-refractivity contribution in [2.45, 2.75) is 26.3 Å². The summed E-state index contributed by atoms with van der Waals surface area (Å²) in [6.07, 6.45) is 1.68. The first kappa shape index (κ1) is 15.8. The van der Waals surface area contributed by atoms with E-state index in [1.165, 1.54) is 6.26 Å². The first-order valence-corrected chi connectivity index (χ1v) is 7.28. The van der Waals surface area contributed by atoms with Crippen molar-refractivity contribution in [3.63, 3.8) is 0 Å². The molecule has 0 aliphatic rings. The Morgan fingerprint density at radius 2 is 1.86 bits per heavy atom. The Morgan fingerprint density at radius 3 is 2.45 bits per heavy atom. The van der Waals surface area contributed by atoms with Crippen LogP contribution in [0.25, 0.3) is 0 Å². The number of rotatable bonds is 6. The van der Waals surface area contributed by atoms with E-state index in [4.69, 9.17) is 4.42 Å². The van der Waals surface area contributed by atoms with E-state index in [-0.39, 0.29) is 36.6 Å². The van der Waals surface area contributed by atoms with Crippen LogP contribution in [0.2, 0.25) is 0 Å². The monoisotopic (exact) mass is 300 g/mol. The maximum Gasteiger partial charge on any atom is 0.286 e. The van der Waals surface area contributed by atoms with Gasteiger partial charge in [0.2, 0.25) is 5.91 Å². The van der Waals surface area contributed by atoms with Crippen LogP contribution in [0.1, 0.15) is 30.8 Å². The minimum absolute atomic E-state index is 0.0269. The van der Waals surface area contributed by atoms with Crippen LogP contribution in [-0.2, 0) is 4.79 Å². The molecule has 0 radical (unpaired) electrons. The minimum Gasteiger partial charge on any atom is -0.459 e. The number of carbonyl (C=O) groups excluding carboxylic acids is 2. The van der Waals surface area contributed by atoms with Crippen LogP contribution >= 0.6 is 0 Å². The molecule has 0 saturated heterocycles. The summed E-state index contributed by atoms with van der Waals surface area (Å²) in [6.45, 7) is 4.20. The van der Waals surface area contributed by atoms with E-state index in [1.807, 2.05) is 44.2 Å². The standard InChI is InChI=1S/C17H20N2O3/c1-13(2)19(14-7-4-3-5-8-14)16(20)10-11-18-17(21)15-9-6-12-22-15/h3-9,12-13H,10-11H2,1-2H3,(H,18,21). The Morgan fingerprint density at radius 1 is 1.14 bits per heavy atom. The first-order chi connectivity index (χ1) is 10.6. The summed E-state index contributed by atoms with van der Waals surface area (Å²) in [7, 11) is 0. The molecule has 22 heavy (non-hydrogen) atoms. The van der Waals surface area contributed by atoms with Crippen molar-refractivity contribution in [3.05, 3.63) is 54.5 Å². The quantitative estimate of drug-likeness (QED) is 0.892. The molecule has 2 rings (SSSR count). The molecule has 0 spiro atoms. The molecule has 0 bridgehead atoms. The zero-order valence-electron chi connectivity index (χ0n) is 12.8. The molecular weight excluding hydrogens is 280 g/mol. The van der Waals surface area contributed by atoms with E-state index in [9.17, 15) is 9.59 Å². The van der Waals surface area contributed by atoms with Crippen LogP contribution in [0.3, 0.4) is 0 Å². The average molecular weight is 300 g/mol. The predicted molar refractivity (Wildman–Crippen MR) is 84.7 cm³/mol. The molecule has 5 heteroatoms. The molecule has 1 N–H and O–H groups in total. The highest BCUT2D eigenvalue weighted by molar-refractivity contribution is 5.95. The zero-order chi connectivity index (χ0) is 15.9. The molecule has 0 unspecified atom stereocenters. The first-order valence-electron chi connectivity index (χ1n) is 7.28. The van der Waals surface area contributed by atoms with Gasteiger partial charge in [0, 0.05) is 24.7 Å². The fourth-order valence-corrected chi connectivity index (χ4v) is 2.22. The van der Waals surface area contributed by atoms with Crippen molar-refractivity contribution in [2.24, 2.45) is 0 Å². The van der Waals surface area contributed by atoms with Gasteiger partial charge in [0.05, 0.1) is 6.26 Å². The number of nitrogens with one attached hydrogen (secondary N) is 1. The lowest BCUT2D eigenvalue weighted by molar-refractivity contribution is -0.118.